The molecule has 0 aromatic heterocycles. The number of carbonyl (C=O) groups is 1. The van der Waals surface area contributed by atoms with Gasteiger partial charge in [-0.3, -0.25) is 4.79 Å². The summed E-state index contributed by atoms with van der Waals surface area (Å²) in [4.78, 5) is 17.2. The molecule has 3 heteroatoms. The van der Waals surface area contributed by atoms with E-state index in [0.29, 0.717) is 5.91 Å². The van der Waals surface area contributed by atoms with Crippen LogP contribution in [0.4, 0.5) is 0 Å². The molecule has 0 atom stereocenters. The Morgan fingerprint density at radius 3 is 2.45 bits per heavy atom. The van der Waals surface area contributed by atoms with Crippen LogP contribution in [0, 0.1) is 0 Å². The number of nitrogens with zero attached hydrogens (tertiary/aromatic N) is 2. The quantitative estimate of drug-likeness (QED) is 0.824. The lowest BCUT2D eigenvalue weighted by Crippen LogP contribution is -2.51. The zero-order valence-corrected chi connectivity index (χ0v) is 13.1. The molecule has 0 fully saturated rings. The summed E-state index contributed by atoms with van der Waals surface area (Å²) in [6, 6.07) is 8.45. The molecule has 0 radical (unpaired) electrons. The molecule has 1 aromatic carbocycles. The van der Waals surface area contributed by atoms with Gasteiger partial charge in [0.25, 0.3) is 0 Å². The van der Waals surface area contributed by atoms with Gasteiger partial charge < -0.3 is 9.80 Å². The summed E-state index contributed by atoms with van der Waals surface area (Å²) < 4.78 is 0. The first kappa shape index (κ1) is 15.0. The maximum absolute atomic E-state index is 13.0. The van der Waals surface area contributed by atoms with E-state index in [2.05, 4.69) is 57.1 Å². The first-order valence-electron chi connectivity index (χ1n) is 7.57. The summed E-state index contributed by atoms with van der Waals surface area (Å²) in [5.74, 6) is 0.308. The van der Waals surface area contributed by atoms with Crippen molar-refractivity contribution in [2.24, 2.45) is 0 Å². The maximum atomic E-state index is 13.0. The molecule has 20 heavy (non-hydrogen) atoms. The van der Waals surface area contributed by atoms with Crippen molar-refractivity contribution in [2.45, 2.75) is 38.6 Å². The predicted octanol–water partition coefficient (Wildman–Crippen LogP) is 2.65. The second kappa shape index (κ2) is 5.96. The van der Waals surface area contributed by atoms with Gasteiger partial charge in [0, 0.05) is 19.6 Å². The van der Waals surface area contributed by atoms with Crippen LogP contribution < -0.4 is 0 Å². The van der Waals surface area contributed by atoms with E-state index in [4.69, 9.17) is 0 Å². The number of amides is 1. The molecule has 1 aliphatic rings. The molecular weight excluding hydrogens is 248 g/mol. The van der Waals surface area contributed by atoms with Gasteiger partial charge >= 0.3 is 0 Å². The van der Waals surface area contributed by atoms with Crippen molar-refractivity contribution in [3.63, 3.8) is 0 Å². The average Bonchev–Trinajstić information content (AvgIpc) is 2.46. The van der Waals surface area contributed by atoms with Gasteiger partial charge in [0.05, 0.1) is 5.41 Å². The zero-order valence-electron chi connectivity index (χ0n) is 13.1. The number of carbonyl (C=O) groups excluding carboxylic acids is 1. The van der Waals surface area contributed by atoms with Crippen molar-refractivity contribution >= 4 is 5.91 Å². The van der Waals surface area contributed by atoms with Crippen molar-refractivity contribution in [1.82, 2.24) is 9.80 Å². The molecule has 1 amide bonds. The van der Waals surface area contributed by atoms with E-state index < -0.39 is 0 Å². The summed E-state index contributed by atoms with van der Waals surface area (Å²) in [5.41, 5.74) is 2.24. The normalized spacial score (nSPS) is 17.4. The molecule has 1 aliphatic heterocycles. The van der Waals surface area contributed by atoms with E-state index in [1.54, 1.807) is 0 Å². The molecule has 1 aromatic rings. The molecule has 2 rings (SSSR count). The summed E-state index contributed by atoms with van der Waals surface area (Å²) >= 11 is 0. The summed E-state index contributed by atoms with van der Waals surface area (Å²) in [5, 5.41) is 0. The van der Waals surface area contributed by atoms with E-state index in [1.807, 2.05) is 4.90 Å². The third kappa shape index (κ3) is 2.47. The van der Waals surface area contributed by atoms with Crippen LogP contribution in [0.15, 0.2) is 24.3 Å². The van der Waals surface area contributed by atoms with Crippen molar-refractivity contribution in [1.29, 1.82) is 0 Å². The van der Waals surface area contributed by atoms with Gasteiger partial charge in [-0.05, 0) is 38.1 Å². The van der Waals surface area contributed by atoms with Gasteiger partial charge in [0.15, 0.2) is 0 Å². The van der Waals surface area contributed by atoms with Crippen LogP contribution in [0.1, 0.15) is 37.8 Å². The fourth-order valence-electron chi connectivity index (χ4n) is 3.26. The second-order valence-electron chi connectivity index (χ2n) is 5.98. The highest BCUT2D eigenvalue weighted by Crippen LogP contribution is 2.40. The Bertz CT molecular complexity index is 478. The Hall–Kier alpha value is -1.35. The van der Waals surface area contributed by atoms with Gasteiger partial charge in [-0.15, -0.1) is 0 Å². The minimum Gasteiger partial charge on any atom is -0.336 e. The van der Waals surface area contributed by atoms with Crippen LogP contribution in [-0.4, -0.2) is 42.9 Å². The molecule has 1 heterocycles. The van der Waals surface area contributed by atoms with E-state index in [1.165, 1.54) is 11.1 Å². The fraction of sp³-hybridized carbons (Fsp3) is 0.588. The van der Waals surface area contributed by atoms with Crippen molar-refractivity contribution < 1.29 is 4.79 Å². The highest BCUT2D eigenvalue weighted by molar-refractivity contribution is 5.90. The van der Waals surface area contributed by atoms with E-state index in [-0.39, 0.29) is 5.41 Å². The minimum absolute atomic E-state index is 0.308. The molecular formula is C17H26N2O. The molecule has 0 saturated heterocycles. The minimum atomic E-state index is -0.318. The van der Waals surface area contributed by atoms with Gasteiger partial charge in [-0.25, -0.2) is 0 Å². The monoisotopic (exact) mass is 274 g/mol. The van der Waals surface area contributed by atoms with Crippen LogP contribution in [0.3, 0.4) is 0 Å². The number of hydrogen-bond donors (Lipinski definition) is 0. The van der Waals surface area contributed by atoms with E-state index >= 15 is 0 Å². The molecule has 3 nitrogen and oxygen atoms in total. The fourth-order valence-corrected chi connectivity index (χ4v) is 3.26. The highest BCUT2D eigenvalue weighted by atomic mass is 16.2. The van der Waals surface area contributed by atoms with Crippen molar-refractivity contribution in [3.05, 3.63) is 35.4 Å². The first-order valence-corrected chi connectivity index (χ1v) is 7.57. The maximum Gasteiger partial charge on any atom is 0.233 e. The van der Waals surface area contributed by atoms with Crippen LogP contribution in [-0.2, 0) is 16.8 Å². The number of fused-ring (bicyclic) bond motifs is 1. The predicted molar refractivity (Wildman–Crippen MR) is 82.7 cm³/mol. The summed E-state index contributed by atoms with van der Waals surface area (Å²) in [6.07, 6.45) is 1.75. The summed E-state index contributed by atoms with van der Waals surface area (Å²) in [7, 11) is 4.10. The van der Waals surface area contributed by atoms with Gasteiger partial charge in [0.2, 0.25) is 5.91 Å². The largest absolute Gasteiger partial charge is 0.336 e. The Balaban J connectivity index is 2.38. The number of benzene rings is 1. The second-order valence-corrected chi connectivity index (χ2v) is 5.98. The molecule has 0 unspecified atom stereocenters. The van der Waals surface area contributed by atoms with Crippen LogP contribution in [0.2, 0.25) is 0 Å². The lowest BCUT2D eigenvalue weighted by molar-refractivity contribution is -0.140. The molecule has 110 valence electrons. The third-order valence-electron chi connectivity index (χ3n) is 4.61. The van der Waals surface area contributed by atoms with E-state index in [9.17, 15) is 4.79 Å². The number of rotatable bonds is 5. The van der Waals surface area contributed by atoms with Gasteiger partial charge in [0.1, 0.15) is 0 Å². The zero-order chi connectivity index (χ0) is 14.8. The van der Waals surface area contributed by atoms with Crippen molar-refractivity contribution in [2.75, 3.05) is 27.2 Å². The van der Waals surface area contributed by atoms with Crippen molar-refractivity contribution in [3.8, 4) is 0 Å². The lowest BCUT2D eigenvalue weighted by Gasteiger charge is -2.42. The summed E-state index contributed by atoms with van der Waals surface area (Å²) in [6.45, 7) is 6.74. The Labute approximate surface area is 122 Å². The number of hydrogen-bond acceptors (Lipinski definition) is 2. The Morgan fingerprint density at radius 2 is 1.85 bits per heavy atom. The Kier molecular flexibility index (Phi) is 4.48. The standard InChI is InChI=1S/C17H26N2O/c1-5-17(6-2)15-10-8-7-9-14(15)13-19(16(17)20)12-11-18(3)4/h7-10H,5-6,11-13H2,1-4H3. The highest BCUT2D eigenvalue weighted by Gasteiger charge is 2.44. The average molecular weight is 274 g/mol. The Morgan fingerprint density at radius 1 is 1.20 bits per heavy atom. The first-order chi connectivity index (χ1) is 9.55. The SMILES string of the molecule is CCC1(CC)C(=O)N(CCN(C)C)Cc2ccccc21. The van der Waals surface area contributed by atoms with Gasteiger partial charge in [-0.2, -0.15) is 0 Å². The molecule has 0 N–H and O–H groups in total. The van der Waals surface area contributed by atoms with Gasteiger partial charge in [-0.1, -0.05) is 38.1 Å². The van der Waals surface area contributed by atoms with Crippen LogP contribution in [0.5, 0.6) is 0 Å². The van der Waals surface area contributed by atoms with Crippen LogP contribution in [0.25, 0.3) is 0 Å². The topological polar surface area (TPSA) is 23.6 Å². The van der Waals surface area contributed by atoms with Crippen LogP contribution >= 0.6 is 0 Å². The third-order valence-corrected chi connectivity index (χ3v) is 4.61. The lowest BCUT2D eigenvalue weighted by atomic mass is 9.70. The molecule has 0 bridgehead atoms. The number of likely N-dealkylation sites (N-methyl/N-ethyl adjacent to an activating group) is 1. The molecule has 0 spiro atoms. The molecule has 0 saturated carbocycles. The molecule has 0 aliphatic carbocycles. The van der Waals surface area contributed by atoms with E-state index in [0.717, 1.165) is 32.5 Å². The smallest absolute Gasteiger partial charge is 0.233 e.